The van der Waals surface area contributed by atoms with Crippen molar-refractivity contribution >= 4 is 5.91 Å². The van der Waals surface area contributed by atoms with Gasteiger partial charge in [0.25, 0.3) is 0 Å². The first-order chi connectivity index (χ1) is 11.8. The van der Waals surface area contributed by atoms with Gasteiger partial charge in [0.15, 0.2) is 0 Å². The van der Waals surface area contributed by atoms with Crippen LogP contribution in [0.15, 0.2) is 53.1 Å². The fraction of sp³-hybridized carbons (Fsp3) is 0.476. The lowest BCUT2D eigenvalue weighted by Gasteiger charge is -2.22. The van der Waals surface area contributed by atoms with Gasteiger partial charge in [0.1, 0.15) is 5.76 Å². The molecule has 2 aromatic rings. The molecule has 0 atom stereocenters. The van der Waals surface area contributed by atoms with E-state index in [0.29, 0.717) is 13.0 Å². The van der Waals surface area contributed by atoms with E-state index in [9.17, 15) is 4.79 Å². The second-order valence-electron chi connectivity index (χ2n) is 6.82. The molecule has 0 radical (unpaired) electrons. The van der Waals surface area contributed by atoms with E-state index >= 15 is 0 Å². The number of carbonyl (C=O) groups excluding carboxylic acids is 1. The molecule has 0 bridgehead atoms. The monoisotopic (exact) mass is 325 g/mol. The molecular weight excluding hydrogens is 298 g/mol. The predicted molar refractivity (Wildman–Crippen MR) is 95.5 cm³/mol. The van der Waals surface area contributed by atoms with Crippen molar-refractivity contribution in [2.24, 2.45) is 5.92 Å². The smallest absolute Gasteiger partial charge is 0.222 e. The number of rotatable bonds is 8. The van der Waals surface area contributed by atoms with Crippen molar-refractivity contribution in [3.05, 3.63) is 60.1 Å². The zero-order valence-electron chi connectivity index (χ0n) is 14.3. The maximum atomic E-state index is 12.7. The van der Waals surface area contributed by atoms with Crippen molar-refractivity contribution in [1.82, 2.24) is 4.90 Å². The Labute approximate surface area is 144 Å². The van der Waals surface area contributed by atoms with Crippen LogP contribution in [-0.4, -0.2) is 17.4 Å². The zero-order chi connectivity index (χ0) is 16.6. The molecule has 1 aromatic carbocycles. The van der Waals surface area contributed by atoms with Gasteiger partial charge >= 0.3 is 0 Å². The van der Waals surface area contributed by atoms with Gasteiger partial charge in [0.05, 0.1) is 12.8 Å². The molecule has 0 saturated heterocycles. The maximum Gasteiger partial charge on any atom is 0.222 e. The van der Waals surface area contributed by atoms with Crippen molar-refractivity contribution in [3.63, 3.8) is 0 Å². The minimum Gasteiger partial charge on any atom is -0.467 e. The molecule has 1 heterocycles. The Bertz CT molecular complexity index is 600. The molecule has 3 nitrogen and oxygen atoms in total. The third kappa shape index (κ3) is 4.98. The van der Waals surface area contributed by atoms with Gasteiger partial charge in [-0.2, -0.15) is 0 Å². The molecule has 1 fully saturated rings. The van der Waals surface area contributed by atoms with Crippen LogP contribution < -0.4 is 0 Å². The van der Waals surface area contributed by atoms with Crippen LogP contribution in [-0.2, 0) is 17.8 Å². The van der Waals surface area contributed by atoms with E-state index < -0.39 is 0 Å². The number of furan rings is 1. The highest BCUT2D eigenvalue weighted by molar-refractivity contribution is 5.76. The minimum atomic E-state index is 0.259. The maximum absolute atomic E-state index is 12.7. The van der Waals surface area contributed by atoms with Crippen molar-refractivity contribution < 1.29 is 9.21 Å². The van der Waals surface area contributed by atoms with E-state index in [1.165, 1.54) is 31.2 Å². The second-order valence-corrected chi connectivity index (χ2v) is 6.82. The molecule has 3 rings (SSSR count). The van der Waals surface area contributed by atoms with Crippen LogP contribution in [0.3, 0.4) is 0 Å². The average molecular weight is 325 g/mol. The van der Waals surface area contributed by atoms with Crippen molar-refractivity contribution in [1.29, 1.82) is 0 Å². The summed E-state index contributed by atoms with van der Waals surface area (Å²) in [6.07, 6.45) is 9.54. The van der Waals surface area contributed by atoms with E-state index in [4.69, 9.17) is 4.42 Å². The number of benzene rings is 1. The third-order valence-corrected chi connectivity index (χ3v) is 5.03. The van der Waals surface area contributed by atoms with Gasteiger partial charge in [-0.1, -0.05) is 56.0 Å². The molecule has 1 aromatic heterocycles. The fourth-order valence-electron chi connectivity index (χ4n) is 3.58. The van der Waals surface area contributed by atoms with E-state index in [1.54, 1.807) is 6.26 Å². The molecular formula is C21H27NO2. The Morgan fingerprint density at radius 1 is 1.08 bits per heavy atom. The Balaban J connectivity index is 1.56. The highest BCUT2D eigenvalue weighted by Crippen LogP contribution is 2.28. The first kappa shape index (κ1) is 16.8. The fourth-order valence-corrected chi connectivity index (χ4v) is 3.58. The van der Waals surface area contributed by atoms with Gasteiger partial charge in [-0.3, -0.25) is 4.79 Å². The van der Waals surface area contributed by atoms with Crippen molar-refractivity contribution in [3.8, 4) is 0 Å². The summed E-state index contributed by atoms with van der Waals surface area (Å²) in [6.45, 7) is 1.32. The highest BCUT2D eigenvalue weighted by atomic mass is 16.3. The zero-order valence-corrected chi connectivity index (χ0v) is 14.3. The summed E-state index contributed by atoms with van der Waals surface area (Å²) < 4.78 is 5.45. The lowest BCUT2D eigenvalue weighted by molar-refractivity contribution is -0.132. The number of nitrogens with zero attached hydrogens (tertiary/aromatic N) is 1. The van der Waals surface area contributed by atoms with Gasteiger partial charge in [0.2, 0.25) is 5.91 Å². The lowest BCUT2D eigenvalue weighted by atomic mass is 10.0. The lowest BCUT2D eigenvalue weighted by Crippen LogP contribution is -2.32. The minimum absolute atomic E-state index is 0.259. The molecule has 0 aliphatic heterocycles. The predicted octanol–water partition coefficient (Wildman–Crippen LogP) is 4.82. The molecule has 1 amide bonds. The molecule has 0 spiro atoms. The van der Waals surface area contributed by atoms with Crippen LogP contribution in [0.4, 0.5) is 0 Å². The van der Waals surface area contributed by atoms with Crippen LogP contribution in [0.25, 0.3) is 0 Å². The van der Waals surface area contributed by atoms with Crippen molar-refractivity contribution in [2.45, 2.75) is 51.5 Å². The number of hydrogen-bond donors (Lipinski definition) is 0. The van der Waals surface area contributed by atoms with E-state index in [0.717, 1.165) is 31.1 Å². The van der Waals surface area contributed by atoms with Crippen molar-refractivity contribution in [2.75, 3.05) is 6.54 Å². The quantitative estimate of drug-likeness (QED) is 0.697. The molecule has 128 valence electrons. The second kappa shape index (κ2) is 8.72. The Kier molecular flexibility index (Phi) is 6.11. The van der Waals surface area contributed by atoms with E-state index in [-0.39, 0.29) is 5.91 Å². The van der Waals surface area contributed by atoms with Crippen LogP contribution in [0, 0.1) is 5.92 Å². The summed E-state index contributed by atoms with van der Waals surface area (Å²) in [5, 5.41) is 0. The topological polar surface area (TPSA) is 33.5 Å². The third-order valence-electron chi connectivity index (χ3n) is 5.03. The Morgan fingerprint density at radius 2 is 1.88 bits per heavy atom. The van der Waals surface area contributed by atoms with Gasteiger partial charge in [-0.25, -0.2) is 0 Å². The van der Waals surface area contributed by atoms with Gasteiger partial charge in [-0.15, -0.1) is 0 Å². The Morgan fingerprint density at radius 3 is 2.58 bits per heavy atom. The molecule has 0 unspecified atom stereocenters. The number of hydrogen-bond acceptors (Lipinski definition) is 2. The summed E-state index contributed by atoms with van der Waals surface area (Å²) in [5.41, 5.74) is 1.27. The largest absolute Gasteiger partial charge is 0.467 e. The normalized spacial score (nSPS) is 14.8. The molecule has 3 heteroatoms. The van der Waals surface area contributed by atoms with Crippen LogP contribution in [0.2, 0.25) is 0 Å². The number of amides is 1. The van der Waals surface area contributed by atoms with Crippen LogP contribution in [0.1, 0.15) is 49.8 Å². The van der Waals surface area contributed by atoms with E-state index in [2.05, 4.69) is 12.1 Å². The van der Waals surface area contributed by atoms with Crippen LogP contribution >= 0.6 is 0 Å². The van der Waals surface area contributed by atoms with Gasteiger partial charge in [0, 0.05) is 13.0 Å². The molecule has 1 aliphatic carbocycles. The van der Waals surface area contributed by atoms with Gasteiger partial charge in [-0.05, 0) is 36.5 Å². The van der Waals surface area contributed by atoms with Crippen LogP contribution in [0.5, 0.6) is 0 Å². The number of carbonyl (C=O) groups is 1. The standard InChI is InChI=1S/C21H27NO2/c23-21(13-12-18-9-4-5-10-18)22(17-20-11-6-16-24-20)15-14-19-7-2-1-3-8-19/h1-3,6-8,11,16,18H,4-5,9-10,12-15,17H2. The molecule has 0 N–H and O–H groups in total. The summed E-state index contributed by atoms with van der Waals surface area (Å²) >= 11 is 0. The molecule has 1 aliphatic rings. The summed E-state index contributed by atoms with van der Waals surface area (Å²) in [4.78, 5) is 14.7. The highest BCUT2D eigenvalue weighted by Gasteiger charge is 2.20. The van der Waals surface area contributed by atoms with E-state index in [1.807, 2.05) is 35.2 Å². The molecule has 1 saturated carbocycles. The summed E-state index contributed by atoms with van der Waals surface area (Å²) in [6, 6.07) is 14.2. The summed E-state index contributed by atoms with van der Waals surface area (Å²) in [5.74, 6) is 1.88. The van der Waals surface area contributed by atoms with Gasteiger partial charge < -0.3 is 9.32 Å². The average Bonchev–Trinajstić information content (AvgIpc) is 3.31. The Hall–Kier alpha value is -2.03. The SMILES string of the molecule is O=C(CCC1CCCC1)N(CCc1ccccc1)Cc1ccco1. The summed E-state index contributed by atoms with van der Waals surface area (Å²) in [7, 11) is 0. The first-order valence-corrected chi connectivity index (χ1v) is 9.15. The molecule has 24 heavy (non-hydrogen) atoms. The first-order valence-electron chi connectivity index (χ1n) is 9.15.